The highest BCUT2D eigenvalue weighted by Crippen LogP contribution is 2.26. The van der Waals surface area contributed by atoms with Crippen LogP contribution in [-0.2, 0) is 6.54 Å². The SMILES string of the molecule is CCCCN(CC)Cc1ccc(OC)c(O)c1. The van der Waals surface area contributed by atoms with Gasteiger partial charge in [-0.25, -0.2) is 0 Å². The van der Waals surface area contributed by atoms with Crippen LogP contribution < -0.4 is 4.74 Å². The number of hydrogen-bond acceptors (Lipinski definition) is 3. The number of methoxy groups -OCH3 is 1. The van der Waals surface area contributed by atoms with Gasteiger partial charge in [-0.3, -0.25) is 4.90 Å². The molecule has 0 fully saturated rings. The first-order valence-electron chi connectivity index (χ1n) is 6.29. The van der Waals surface area contributed by atoms with E-state index in [2.05, 4.69) is 18.7 Å². The van der Waals surface area contributed by atoms with Crippen molar-refractivity contribution in [1.29, 1.82) is 0 Å². The molecule has 0 heterocycles. The maximum atomic E-state index is 9.71. The minimum absolute atomic E-state index is 0.219. The maximum absolute atomic E-state index is 9.71. The molecule has 0 atom stereocenters. The number of phenolic OH excluding ortho intramolecular Hbond substituents is 1. The fraction of sp³-hybridized carbons (Fsp3) is 0.571. The Labute approximate surface area is 104 Å². The van der Waals surface area contributed by atoms with E-state index in [9.17, 15) is 5.11 Å². The van der Waals surface area contributed by atoms with Gasteiger partial charge in [0.2, 0.25) is 0 Å². The van der Waals surface area contributed by atoms with Crippen molar-refractivity contribution in [3.8, 4) is 11.5 Å². The van der Waals surface area contributed by atoms with Crippen LogP contribution in [0.5, 0.6) is 11.5 Å². The van der Waals surface area contributed by atoms with Crippen molar-refractivity contribution in [1.82, 2.24) is 4.90 Å². The Hall–Kier alpha value is -1.22. The molecule has 0 aromatic heterocycles. The summed E-state index contributed by atoms with van der Waals surface area (Å²) < 4.78 is 5.03. The van der Waals surface area contributed by atoms with Crippen LogP contribution in [0.3, 0.4) is 0 Å². The smallest absolute Gasteiger partial charge is 0.160 e. The summed E-state index contributed by atoms with van der Waals surface area (Å²) in [6.45, 7) is 7.40. The monoisotopic (exact) mass is 237 g/mol. The highest BCUT2D eigenvalue weighted by Gasteiger charge is 2.06. The van der Waals surface area contributed by atoms with Crippen LogP contribution in [0.4, 0.5) is 0 Å². The van der Waals surface area contributed by atoms with Gasteiger partial charge in [0.25, 0.3) is 0 Å². The van der Waals surface area contributed by atoms with E-state index >= 15 is 0 Å². The van der Waals surface area contributed by atoms with Gasteiger partial charge in [-0.1, -0.05) is 26.3 Å². The second-order valence-corrected chi connectivity index (χ2v) is 4.23. The molecule has 0 saturated carbocycles. The molecule has 1 aromatic carbocycles. The lowest BCUT2D eigenvalue weighted by Gasteiger charge is -2.20. The van der Waals surface area contributed by atoms with E-state index in [-0.39, 0.29) is 5.75 Å². The van der Waals surface area contributed by atoms with Crippen molar-refractivity contribution in [3.05, 3.63) is 23.8 Å². The minimum Gasteiger partial charge on any atom is -0.504 e. The highest BCUT2D eigenvalue weighted by molar-refractivity contribution is 5.41. The predicted octanol–water partition coefficient (Wildman–Crippen LogP) is 3.02. The molecule has 1 aromatic rings. The van der Waals surface area contributed by atoms with Crippen LogP contribution in [0.25, 0.3) is 0 Å². The van der Waals surface area contributed by atoms with Gasteiger partial charge in [0.05, 0.1) is 7.11 Å². The molecule has 1 N–H and O–H groups in total. The molecular formula is C14H23NO2. The van der Waals surface area contributed by atoms with Crippen molar-refractivity contribution in [3.63, 3.8) is 0 Å². The molecule has 96 valence electrons. The van der Waals surface area contributed by atoms with E-state index in [1.165, 1.54) is 12.8 Å². The van der Waals surface area contributed by atoms with Crippen molar-refractivity contribution in [2.45, 2.75) is 33.2 Å². The van der Waals surface area contributed by atoms with E-state index in [1.54, 1.807) is 13.2 Å². The van der Waals surface area contributed by atoms with E-state index in [1.807, 2.05) is 12.1 Å². The molecule has 0 radical (unpaired) electrons. The Kier molecular flexibility index (Phi) is 5.84. The lowest BCUT2D eigenvalue weighted by molar-refractivity contribution is 0.274. The summed E-state index contributed by atoms with van der Waals surface area (Å²) in [4.78, 5) is 2.38. The van der Waals surface area contributed by atoms with E-state index < -0.39 is 0 Å². The Balaban J connectivity index is 2.63. The third-order valence-electron chi connectivity index (χ3n) is 2.92. The molecule has 0 spiro atoms. The van der Waals surface area contributed by atoms with Crippen LogP contribution >= 0.6 is 0 Å². The number of ether oxygens (including phenoxy) is 1. The Morgan fingerprint density at radius 3 is 2.59 bits per heavy atom. The van der Waals surface area contributed by atoms with Crippen molar-refractivity contribution >= 4 is 0 Å². The van der Waals surface area contributed by atoms with Gasteiger partial charge in [-0.05, 0) is 37.2 Å². The zero-order valence-electron chi connectivity index (χ0n) is 11.1. The quantitative estimate of drug-likeness (QED) is 0.791. The van der Waals surface area contributed by atoms with E-state index in [4.69, 9.17) is 4.74 Å². The Morgan fingerprint density at radius 1 is 1.29 bits per heavy atom. The van der Waals surface area contributed by atoms with Crippen LogP contribution in [0.2, 0.25) is 0 Å². The fourth-order valence-electron chi connectivity index (χ4n) is 1.82. The van der Waals surface area contributed by atoms with Gasteiger partial charge in [0, 0.05) is 6.54 Å². The van der Waals surface area contributed by atoms with Crippen LogP contribution in [0.1, 0.15) is 32.3 Å². The lowest BCUT2D eigenvalue weighted by atomic mass is 10.2. The number of phenols is 1. The first-order valence-corrected chi connectivity index (χ1v) is 6.29. The zero-order chi connectivity index (χ0) is 12.7. The van der Waals surface area contributed by atoms with E-state index in [0.717, 1.165) is 25.2 Å². The van der Waals surface area contributed by atoms with Gasteiger partial charge < -0.3 is 9.84 Å². The minimum atomic E-state index is 0.219. The van der Waals surface area contributed by atoms with Crippen molar-refractivity contribution in [2.24, 2.45) is 0 Å². The summed E-state index contributed by atoms with van der Waals surface area (Å²) in [5.74, 6) is 0.752. The van der Waals surface area contributed by atoms with Crippen molar-refractivity contribution < 1.29 is 9.84 Å². The number of aromatic hydroxyl groups is 1. The summed E-state index contributed by atoms with van der Waals surface area (Å²) in [6, 6.07) is 5.61. The second-order valence-electron chi connectivity index (χ2n) is 4.23. The van der Waals surface area contributed by atoms with Crippen molar-refractivity contribution in [2.75, 3.05) is 20.2 Å². The summed E-state index contributed by atoms with van der Waals surface area (Å²) in [5, 5.41) is 9.71. The molecule has 0 saturated heterocycles. The molecule has 0 amide bonds. The Bertz CT molecular complexity index is 339. The lowest BCUT2D eigenvalue weighted by Crippen LogP contribution is -2.23. The summed E-state index contributed by atoms with van der Waals surface area (Å²) in [5.41, 5.74) is 1.13. The van der Waals surface area contributed by atoms with Crippen LogP contribution in [0.15, 0.2) is 18.2 Å². The molecule has 0 bridgehead atoms. The zero-order valence-corrected chi connectivity index (χ0v) is 11.1. The summed E-state index contributed by atoms with van der Waals surface area (Å²) in [7, 11) is 1.56. The first kappa shape index (κ1) is 13.8. The molecule has 3 heteroatoms. The number of rotatable bonds is 7. The average molecular weight is 237 g/mol. The number of unbranched alkanes of at least 4 members (excludes halogenated alkanes) is 1. The standard InChI is InChI=1S/C14H23NO2/c1-4-6-9-15(5-2)11-12-7-8-14(17-3)13(16)10-12/h7-8,10,16H,4-6,9,11H2,1-3H3. The van der Waals surface area contributed by atoms with Gasteiger partial charge >= 0.3 is 0 Å². The van der Waals surface area contributed by atoms with Gasteiger partial charge in [-0.2, -0.15) is 0 Å². The molecule has 17 heavy (non-hydrogen) atoms. The average Bonchev–Trinajstić information content (AvgIpc) is 2.34. The molecule has 3 nitrogen and oxygen atoms in total. The summed E-state index contributed by atoms with van der Waals surface area (Å²) in [6.07, 6.45) is 2.43. The normalized spacial score (nSPS) is 10.8. The molecular weight excluding hydrogens is 214 g/mol. The first-order chi connectivity index (χ1) is 8.21. The summed E-state index contributed by atoms with van der Waals surface area (Å²) >= 11 is 0. The Morgan fingerprint density at radius 2 is 2.06 bits per heavy atom. The predicted molar refractivity (Wildman–Crippen MR) is 70.5 cm³/mol. The van der Waals surface area contributed by atoms with Gasteiger partial charge in [0.15, 0.2) is 11.5 Å². The molecule has 0 unspecified atom stereocenters. The third kappa shape index (κ3) is 4.27. The van der Waals surface area contributed by atoms with Gasteiger partial charge in [-0.15, -0.1) is 0 Å². The van der Waals surface area contributed by atoms with Gasteiger partial charge in [0.1, 0.15) is 0 Å². The van der Waals surface area contributed by atoms with Crippen LogP contribution in [0, 0.1) is 0 Å². The maximum Gasteiger partial charge on any atom is 0.160 e. The largest absolute Gasteiger partial charge is 0.504 e. The van der Waals surface area contributed by atoms with Crippen LogP contribution in [-0.4, -0.2) is 30.2 Å². The molecule has 0 aliphatic carbocycles. The number of nitrogens with zero attached hydrogens (tertiary/aromatic N) is 1. The third-order valence-corrected chi connectivity index (χ3v) is 2.92. The topological polar surface area (TPSA) is 32.7 Å². The number of hydrogen-bond donors (Lipinski definition) is 1. The molecule has 0 aliphatic heterocycles. The molecule has 0 aliphatic rings. The highest BCUT2D eigenvalue weighted by atomic mass is 16.5. The number of benzene rings is 1. The molecule has 1 rings (SSSR count). The second kappa shape index (κ2) is 7.17. The fourth-order valence-corrected chi connectivity index (χ4v) is 1.82. The van der Waals surface area contributed by atoms with E-state index in [0.29, 0.717) is 5.75 Å².